The number of carbonyl (C=O) groups is 2. The van der Waals surface area contributed by atoms with Gasteiger partial charge in [-0.3, -0.25) is 19.1 Å². The predicted molar refractivity (Wildman–Crippen MR) is 134 cm³/mol. The van der Waals surface area contributed by atoms with Gasteiger partial charge < -0.3 is 19.1 Å². The summed E-state index contributed by atoms with van der Waals surface area (Å²) < 4.78 is 46.6. The lowest BCUT2D eigenvalue weighted by Crippen LogP contribution is -2.51. The molecule has 1 fully saturated rings. The van der Waals surface area contributed by atoms with Crippen LogP contribution in [0.2, 0.25) is 0 Å². The summed E-state index contributed by atoms with van der Waals surface area (Å²) in [6, 6.07) is 12.0. The second-order valence-corrected chi connectivity index (χ2v) is 9.38. The fourth-order valence-corrected chi connectivity index (χ4v) is 5.47. The van der Waals surface area contributed by atoms with Gasteiger partial charge in [0.15, 0.2) is 17.3 Å². The third-order valence-corrected chi connectivity index (χ3v) is 7.16. The molecule has 0 saturated carbocycles. The molecule has 204 valence electrons. The molecule has 0 bridgehead atoms. The second kappa shape index (κ2) is 11.3. The van der Waals surface area contributed by atoms with E-state index in [9.17, 15) is 18.8 Å². The average Bonchev–Trinajstić information content (AvgIpc) is 3.43. The summed E-state index contributed by atoms with van der Waals surface area (Å²) in [6.45, 7) is -0.0291. The molecule has 5 rings (SSSR count). The first-order valence-corrected chi connectivity index (χ1v) is 12.6. The number of amides is 1. The third kappa shape index (κ3) is 5.01. The molecule has 2 aliphatic rings. The summed E-state index contributed by atoms with van der Waals surface area (Å²) in [5, 5.41) is 4.32. The normalized spacial score (nSPS) is 18.8. The molecule has 1 saturated heterocycles. The highest BCUT2D eigenvalue weighted by molar-refractivity contribution is 5.96. The number of fused-ring (bicyclic) bond motifs is 2. The molecule has 2 aromatic carbocycles. The second-order valence-electron chi connectivity index (χ2n) is 9.38. The molecule has 0 spiro atoms. The van der Waals surface area contributed by atoms with Crippen LogP contribution in [0.1, 0.15) is 52.8 Å². The summed E-state index contributed by atoms with van der Waals surface area (Å²) in [5.41, 5.74) is -0.00829. The highest BCUT2D eigenvalue weighted by atomic mass is 19.2. The molecule has 11 heteroatoms. The van der Waals surface area contributed by atoms with Crippen molar-refractivity contribution in [2.45, 2.75) is 37.3 Å². The SMILES string of the molecule is COCCC(=O)OCOc1c2n(ncc1=O)[C@@H]([C@H](c1ccccc1)c1cccc(F)c1F)[C@H]1CCCN1C2=O. The minimum atomic E-state index is -0.991. The largest absolute Gasteiger partial charge is 0.451 e. The highest BCUT2D eigenvalue weighted by Gasteiger charge is 2.48. The molecular weight excluding hydrogens is 512 g/mol. The third-order valence-electron chi connectivity index (χ3n) is 7.16. The van der Waals surface area contributed by atoms with E-state index in [1.807, 2.05) is 18.2 Å². The van der Waals surface area contributed by atoms with Crippen molar-refractivity contribution in [3.63, 3.8) is 0 Å². The number of ether oxygens (including phenoxy) is 3. The van der Waals surface area contributed by atoms with Gasteiger partial charge in [-0.1, -0.05) is 42.5 Å². The molecule has 0 unspecified atom stereocenters. The van der Waals surface area contributed by atoms with Crippen LogP contribution in [-0.4, -0.2) is 59.7 Å². The molecular formula is C28H27F2N3O6. The van der Waals surface area contributed by atoms with E-state index in [1.54, 1.807) is 17.0 Å². The molecule has 1 amide bonds. The molecule has 3 aromatic rings. The zero-order valence-electron chi connectivity index (χ0n) is 21.2. The molecule has 2 aliphatic heterocycles. The Kier molecular flexibility index (Phi) is 7.69. The van der Waals surface area contributed by atoms with E-state index < -0.39 is 53.7 Å². The van der Waals surface area contributed by atoms with Gasteiger partial charge in [0.05, 0.1) is 31.3 Å². The Balaban J connectivity index is 1.63. The Morgan fingerprint density at radius 1 is 1.13 bits per heavy atom. The molecule has 0 aliphatic carbocycles. The Morgan fingerprint density at radius 3 is 2.69 bits per heavy atom. The van der Waals surface area contributed by atoms with Crippen molar-refractivity contribution in [3.8, 4) is 5.75 Å². The van der Waals surface area contributed by atoms with Gasteiger partial charge in [-0.2, -0.15) is 5.10 Å². The van der Waals surface area contributed by atoms with Gasteiger partial charge >= 0.3 is 5.97 Å². The zero-order valence-corrected chi connectivity index (χ0v) is 21.2. The maximum absolute atomic E-state index is 15.3. The van der Waals surface area contributed by atoms with E-state index in [0.29, 0.717) is 24.9 Å². The van der Waals surface area contributed by atoms with Crippen LogP contribution >= 0.6 is 0 Å². The summed E-state index contributed by atoms with van der Waals surface area (Å²) in [5.74, 6) is -4.13. The lowest BCUT2D eigenvalue weighted by molar-refractivity contribution is -0.151. The first kappa shape index (κ1) is 26.5. The van der Waals surface area contributed by atoms with Crippen molar-refractivity contribution in [2.75, 3.05) is 27.1 Å². The fraction of sp³-hybridized carbons (Fsp3) is 0.357. The van der Waals surface area contributed by atoms with Crippen LogP contribution in [0.3, 0.4) is 0 Å². The number of aromatic nitrogens is 2. The van der Waals surface area contributed by atoms with Crippen LogP contribution in [-0.2, 0) is 14.3 Å². The van der Waals surface area contributed by atoms with Crippen molar-refractivity contribution in [2.24, 2.45) is 0 Å². The van der Waals surface area contributed by atoms with Crippen molar-refractivity contribution in [3.05, 3.63) is 93.4 Å². The molecule has 1 aromatic heterocycles. The van der Waals surface area contributed by atoms with Gasteiger partial charge in [0.2, 0.25) is 18.0 Å². The monoisotopic (exact) mass is 539 g/mol. The Bertz CT molecular complexity index is 1430. The summed E-state index contributed by atoms with van der Waals surface area (Å²) in [4.78, 5) is 40.0. The number of hydrogen-bond acceptors (Lipinski definition) is 7. The number of rotatable bonds is 9. The van der Waals surface area contributed by atoms with Crippen molar-refractivity contribution < 1.29 is 32.6 Å². The van der Waals surface area contributed by atoms with Gasteiger partial charge in [-0.15, -0.1) is 0 Å². The van der Waals surface area contributed by atoms with Gasteiger partial charge in [0.25, 0.3) is 5.91 Å². The van der Waals surface area contributed by atoms with Crippen LogP contribution in [0.15, 0.2) is 59.5 Å². The van der Waals surface area contributed by atoms with Crippen molar-refractivity contribution >= 4 is 11.9 Å². The maximum atomic E-state index is 15.3. The van der Waals surface area contributed by atoms with Crippen molar-refractivity contribution in [1.82, 2.24) is 14.7 Å². The zero-order chi connectivity index (χ0) is 27.5. The number of halogens is 2. The van der Waals surface area contributed by atoms with Gasteiger partial charge in [-0.05, 0) is 24.5 Å². The number of methoxy groups -OCH3 is 1. The van der Waals surface area contributed by atoms with E-state index >= 15 is 4.39 Å². The Labute approximate surface area is 222 Å². The number of esters is 1. The van der Waals surface area contributed by atoms with E-state index in [-0.39, 0.29) is 30.0 Å². The fourth-order valence-electron chi connectivity index (χ4n) is 5.47. The molecule has 9 nitrogen and oxygen atoms in total. The van der Waals surface area contributed by atoms with Crippen LogP contribution < -0.4 is 10.2 Å². The van der Waals surface area contributed by atoms with Gasteiger partial charge in [0.1, 0.15) is 0 Å². The van der Waals surface area contributed by atoms with Crippen LogP contribution in [0, 0.1) is 11.6 Å². The summed E-state index contributed by atoms with van der Waals surface area (Å²) in [7, 11) is 1.44. The van der Waals surface area contributed by atoms with Crippen LogP contribution in [0.5, 0.6) is 5.75 Å². The minimum Gasteiger partial charge on any atom is -0.451 e. The standard InChI is InChI=1S/C28H27F2N3O6/c1-37-14-12-22(35)38-16-39-27-21(34)15-31-33-25(20-11-6-13-32(20)28(36)26(27)33)23(17-7-3-2-4-8-17)18-9-5-10-19(29)24(18)30/h2-5,7-10,15,20,23,25H,6,11-14,16H2,1H3/t20-,23-,25-/m1/s1. The van der Waals surface area contributed by atoms with Gasteiger partial charge in [-0.25, -0.2) is 8.78 Å². The molecule has 0 N–H and O–H groups in total. The summed E-state index contributed by atoms with van der Waals surface area (Å²) in [6.07, 6.45) is 2.30. The molecule has 39 heavy (non-hydrogen) atoms. The quantitative estimate of drug-likeness (QED) is 0.303. The van der Waals surface area contributed by atoms with Crippen LogP contribution in [0.4, 0.5) is 8.78 Å². The smallest absolute Gasteiger partial charge is 0.311 e. The van der Waals surface area contributed by atoms with E-state index in [2.05, 4.69) is 5.10 Å². The number of carbonyl (C=O) groups excluding carboxylic acids is 2. The van der Waals surface area contributed by atoms with Crippen LogP contribution in [0.25, 0.3) is 0 Å². The molecule has 3 heterocycles. The lowest BCUT2D eigenvalue weighted by Gasteiger charge is -2.42. The molecule has 3 atom stereocenters. The Hall–Kier alpha value is -4.12. The Morgan fingerprint density at radius 2 is 1.92 bits per heavy atom. The highest BCUT2D eigenvalue weighted by Crippen LogP contribution is 2.46. The van der Waals surface area contributed by atoms with Crippen molar-refractivity contribution in [1.29, 1.82) is 0 Å². The number of benzene rings is 2. The maximum Gasteiger partial charge on any atom is 0.311 e. The molecule has 0 radical (unpaired) electrons. The number of nitrogens with zero attached hydrogens (tertiary/aromatic N) is 3. The summed E-state index contributed by atoms with van der Waals surface area (Å²) >= 11 is 0. The first-order valence-electron chi connectivity index (χ1n) is 12.6. The van der Waals surface area contributed by atoms with Gasteiger partial charge in [0, 0.05) is 25.1 Å². The van der Waals surface area contributed by atoms with E-state index in [0.717, 1.165) is 12.3 Å². The lowest BCUT2D eigenvalue weighted by atomic mass is 9.79. The minimum absolute atomic E-state index is 0.0122. The topological polar surface area (TPSA) is 100.0 Å². The number of hydrogen-bond donors (Lipinski definition) is 0. The van der Waals surface area contributed by atoms with E-state index in [1.165, 1.54) is 23.9 Å². The average molecular weight is 540 g/mol. The first-order chi connectivity index (χ1) is 18.9. The predicted octanol–water partition coefficient (Wildman–Crippen LogP) is 3.43. The van der Waals surface area contributed by atoms with E-state index in [4.69, 9.17) is 14.2 Å².